The van der Waals surface area contributed by atoms with Crippen LogP contribution in [-0.4, -0.2) is 67.2 Å². The Morgan fingerprint density at radius 3 is 2.54 bits per heavy atom. The maximum absolute atomic E-state index is 13.7. The molecule has 0 radical (unpaired) electrons. The summed E-state index contributed by atoms with van der Waals surface area (Å²) in [5.74, 6) is 0.266. The van der Waals surface area contributed by atoms with Crippen LogP contribution in [0.4, 0.5) is 10.1 Å². The smallest absolute Gasteiger partial charge is 0.270 e. The van der Waals surface area contributed by atoms with E-state index in [4.69, 9.17) is 10.5 Å². The number of carbonyl (C=O) groups is 2. The Hall–Kier alpha value is -2.74. The van der Waals surface area contributed by atoms with Gasteiger partial charge in [-0.3, -0.25) is 14.6 Å². The third kappa shape index (κ3) is 6.98. The molecule has 2 atom stereocenters. The summed E-state index contributed by atoms with van der Waals surface area (Å²) in [6, 6.07) is 4.95. The zero-order chi connectivity index (χ0) is 26.5. The van der Waals surface area contributed by atoms with E-state index in [0.717, 1.165) is 74.2 Å². The second-order valence-corrected chi connectivity index (χ2v) is 10.9. The lowest BCUT2D eigenvalue weighted by atomic mass is 9.91. The Labute approximate surface area is 219 Å². The van der Waals surface area contributed by atoms with Gasteiger partial charge in [0, 0.05) is 49.6 Å². The molecule has 3 aliphatic rings. The summed E-state index contributed by atoms with van der Waals surface area (Å²) in [5, 5.41) is 0. The van der Waals surface area contributed by atoms with E-state index in [0.29, 0.717) is 25.4 Å². The van der Waals surface area contributed by atoms with Crippen LogP contribution in [0.2, 0.25) is 0 Å². The van der Waals surface area contributed by atoms with Gasteiger partial charge in [-0.05, 0) is 82.9 Å². The number of ether oxygens (including phenoxy) is 1. The van der Waals surface area contributed by atoms with Crippen molar-refractivity contribution < 1.29 is 18.7 Å². The Morgan fingerprint density at radius 1 is 1.14 bits per heavy atom. The number of halogens is 1. The molecule has 1 aromatic carbocycles. The van der Waals surface area contributed by atoms with Gasteiger partial charge in [0.25, 0.3) is 5.91 Å². The molecule has 2 aliphatic heterocycles. The van der Waals surface area contributed by atoms with E-state index in [1.54, 1.807) is 11.0 Å². The largest absolute Gasteiger partial charge is 0.394 e. The molecule has 0 bridgehead atoms. The Bertz CT molecular complexity index is 1050. The minimum Gasteiger partial charge on any atom is -0.394 e. The zero-order valence-corrected chi connectivity index (χ0v) is 22.5. The number of carbonyl (C=O) groups excluding carboxylic acids is 2. The Balaban J connectivity index is 1.26. The summed E-state index contributed by atoms with van der Waals surface area (Å²) < 4.78 is 19.4. The van der Waals surface area contributed by atoms with Crippen LogP contribution < -0.4 is 10.6 Å². The molecule has 7 nitrogen and oxygen atoms in total. The highest BCUT2D eigenvalue weighted by molar-refractivity contribution is 6.09. The van der Waals surface area contributed by atoms with Gasteiger partial charge in [0.1, 0.15) is 11.5 Å². The van der Waals surface area contributed by atoms with Gasteiger partial charge in [0.05, 0.1) is 18.8 Å². The van der Waals surface area contributed by atoms with Crippen LogP contribution in [0, 0.1) is 18.7 Å². The number of morpholine rings is 1. The Kier molecular flexibility index (Phi) is 9.00. The number of aryl methyl sites for hydroxylation is 1. The molecule has 1 saturated carbocycles. The van der Waals surface area contributed by atoms with Crippen molar-refractivity contribution in [1.82, 2.24) is 4.90 Å². The van der Waals surface area contributed by atoms with Crippen LogP contribution in [0.15, 0.2) is 34.5 Å². The quantitative estimate of drug-likeness (QED) is 0.554. The summed E-state index contributed by atoms with van der Waals surface area (Å²) in [6.45, 7) is 8.91. The number of rotatable bonds is 7. The molecule has 4 rings (SSSR count). The number of anilines is 1. The maximum atomic E-state index is 13.7. The number of nitrogens with two attached hydrogens (primary N) is 1. The van der Waals surface area contributed by atoms with Crippen LogP contribution in [0.1, 0.15) is 64.4 Å². The van der Waals surface area contributed by atoms with Crippen molar-refractivity contribution in [3.8, 4) is 0 Å². The van der Waals surface area contributed by atoms with Crippen LogP contribution in [0.3, 0.4) is 0 Å². The van der Waals surface area contributed by atoms with Gasteiger partial charge in [0.15, 0.2) is 5.78 Å². The van der Waals surface area contributed by atoms with Crippen LogP contribution in [0.25, 0.3) is 0 Å². The minimum atomic E-state index is -0.202. The number of hydrogen-bond donors (Lipinski definition) is 1. The molecule has 0 unspecified atom stereocenters. The van der Waals surface area contributed by atoms with E-state index in [1.165, 1.54) is 6.07 Å². The van der Waals surface area contributed by atoms with Crippen LogP contribution >= 0.6 is 0 Å². The lowest BCUT2D eigenvalue weighted by Gasteiger charge is -2.35. The van der Waals surface area contributed by atoms with Crippen molar-refractivity contribution in [1.29, 1.82) is 0 Å². The standard InChI is InChI=1S/C29H41FN4O3/c1-19-7-9-23(30)15-27(19)33-13-11-22(12-14-33)8-10-24(35)16-32-26-6-4-5-25(26)28(31)29(36)34-17-20(2)37-21(3)18-34/h7,9,15,20-22H,4-6,8,10-14,16-18,31H2,1-3H3/t20-,21+. The number of piperidine rings is 1. The highest BCUT2D eigenvalue weighted by Gasteiger charge is 2.30. The lowest BCUT2D eigenvalue weighted by Crippen LogP contribution is -2.49. The average Bonchev–Trinajstić information content (AvgIpc) is 3.35. The summed E-state index contributed by atoms with van der Waals surface area (Å²) in [5.41, 5.74) is 10.3. The highest BCUT2D eigenvalue weighted by Crippen LogP contribution is 2.29. The topological polar surface area (TPSA) is 88.2 Å². The van der Waals surface area contributed by atoms with Crippen LogP contribution in [-0.2, 0) is 14.3 Å². The van der Waals surface area contributed by atoms with E-state index < -0.39 is 0 Å². The van der Waals surface area contributed by atoms with Gasteiger partial charge < -0.3 is 20.3 Å². The fourth-order valence-corrected chi connectivity index (χ4v) is 5.85. The van der Waals surface area contributed by atoms with Gasteiger partial charge in [-0.2, -0.15) is 0 Å². The number of ketones is 1. The minimum absolute atomic E-state index is 0.0162. The fourth-order valence-electron chi connectivity index (χ4n) is 5.85. The van der Waals surface area contributed by atoms with Crippen molar-refractivity contribution in [3.63, 3.8) is 0 Å². The van der Waals surface area contributed by atoms with Gasteiger partial charge in [0.2, 0.25) is 0 Å². The first-order valence-corrected chi connectivity index (χ1v) is 13.7. The molecule has 202 valence electrons. The first-order chi connectivity index (χ1) is 17.7. The number of benzene rings is 1. The van der Waals surface area contributed by atoms with E-state index >= 15 is 0 Å². The van der Waals surface area contributed by atoms with Crippen molar-refractivity contribution in [2.45, 2.75) is 77.9 Å². The third-order valence-electron chi connectivity index (χ3n) is 7.86. The maximum Gasteiger partial charge on any atom is 0.270 e. The highest BCUT2D eigenvalue weighted by atomic mass is 19.1. The molecule has 1 aliphatic carbocycles. The molecule has 8 heteroatoms. The molecule has 3 fully saturated rings. The molecule has 2 saturated heterocycles. The summed E-state index contributed by atoms with van der Waals surface area (Å²) >= 11 is 0. The number of hydrogen-bond acceptors (Lipinski definition) is 6. The SMILES string of the molecule is Cc1ccc(F)cc1N1CCC(CCC(=O)CN=C2CCCC2=C(N)C(=O)N2C[C@@H](C)O[C@@H](C)C2)CC1. The second kappa shape index (κ2) is 12.2. The number of Topliss-reactive ketones (excluding diaryl/α,β-unsaturated/α-hetero) is 1. The molecule has 2 heterocycles. The molecule has 1 amide bonds. The average molecular weight is 513 g/mol. The molecule has 1 aromatic rings. The van der Waals surface area contributed by atoms with Crippen molar-refractivity contribution >= 4 is 23.1 Å². The van der Waals surface area contributed by atoms with E-state index in [9.17, 15) is 14.0 Å². The molecule has 0 aromatic heterocycles. The van der Waals surface area contributed by atoms with Crippen molar-refractivity contribution in [2.24, 2.45) is 16.6 Å². The zero-order valence-electron chi connectivity index (χ0n) is 22.5. The van der Waals surface area contributed by atoms with Gasteiger partial charge >= 0.3 is 0 Å². The first kappa shape index (κ1) is 27.3. The number of aliphatic imine (C=N–C) groups is 1. The number of nitrogens with zero attached hydrogens (tertiary/aromatic N) is 3. The summed E-state index contributed by atoms with van der Waals surface area (Å²) in [6.07, 6.45) is 5.72. The van der Waals surface area contributed by atoms with Gasteiger partial charge in [-0.15, -0.1) is 0 Å². The molecular formula is C29H41FN4O3. The molecule has 37 heavy (non-hydrogen) atoms. The van der Waals surface area contributed by atoms with Gasteiger partial charge in [-0.25, -0.2) is 4.39 Å². The number of allylic oxidation sites excluding steroid dienone is 1. The van der Waals surface area contributed by atoms with Crippen molar-refractivity contribution in [3.05, 3.63) is 40.8 Å². The lowest BCUT2D eigenvalue weighted by molar-refractivity contribution is -0.139. The predicted octanol–water partition coefficient (Wildman–Crippen LogP) is 4.17. The van der Waals surface area contributed by atoms with E-state index in [-0.39, 0.29) is 42.0 Å². The fraction of sp³-hybridized carbons (Fsp3) is 0.621. The third-order valence-corrected chi connectivity index (χ3v) is 7.86. The van der Waals surface area contributed by atoms with Crippen LogP contribution in [0.5, 0.6) is 0 Å². The molecule has 2 N–H and O–H groups in total. The summed E-state index contributed by atoms with van der Waals surface area (Å²) in [4.78, 5) is 34.3. The predicted molar refractivity (Wildman–Crippen MR) is 144 cm³/mol. The van der Waals surface area contributed by atoms with Crippen molar-refractivity contribution in [2.75, 3.05) is 37.6 Å². The first-order valence-electron chi connectivity index (χ1n) is 13.7. The summed E-state index contributed by atoms with van der Waals surface area (Å²) in [7, 11) is 0. The normalized spacial score (nSPS) is 25.6. The molecule has 0 spiro atoms. The van der Waals surface area contributed by atoms with E-state index in [1.807, 2.05) is 26.8 Å². The number of amides is 1. The van der Waals surface area contributed by atoms with Gasteiger partial charge in [-0.1, -0.05) is 6.07 Å². The second-order valence-electron chi connectivity index (χ2n) is 10.9. The Morgan fingerprint density at radius 2 is 1.84 bits per heavy atom. The molecular weight excluding hydrogens is 471 g/mol. The van der Waals surface area contributed by atoms with E-state index in [2.05, 4.69) is 9.89 Å². The monoisotopic (exact) mass is 512 g/mol.